The molecule has 3 aromatic rings. The predicted octanol–water partition coefficient (Wildman–Crippen LogP) is 3.60. The highest BCUT2D eigenvalue weighted by atomic mass is 32.2. The number of halogens is 3. The van der Waals surface area contributed by atoms with Gasteiger partial charge in [-0.25, -0.2) is 23.1 Å². The molecule has 0 spiro atoms. The van der Waals surface area contributed by atoms with Gasteiger partial charge in [-0.2, -0.15) is 13.2 Å². The second kappa shape index (κ2) is 8.34. The molecule has 29 heavy (non-hydrogen) atoms. The number of fused-ring (bicyclic) bond motifs is 1. The minimum Gasteiger partial charge on any atom is -0.368 e. The second-order valence-electron chi connectivity index (χ2n) is 6.21. The van der Waals surface area contributed by atoms with Crippen LogP contribution < -0.4 is 10.0 Å². The van der Waals surface area contributed by atoms with Gasteiger partial charge in [0.15, 0.2) is 0 Å². The molecule has 0 unspecified atom stereocenters. The number of nitrogens with zero attached hydrogens (tertiary/aromatic N) is 2. The Bertz CT molecular complexity index is 1120. The Kier molecular flexibility index (Phi) is 6.04. The zero-order valence-corrected chi connectivity index (χ0v) is 16.3. The van der Waals surface area contributed by atoms with Gasteiger partial charge in [-0.05, 0) is 30.3 Å². The van der Waals surface area contributed by atoms with Crippen molar-refractivity contribution >= 4 is 26.7 Å². The molecule has 1 aromatic heterocycles. The molecule has 0 aliphatic heterocycles. The standard InChI is InChI=1S/C19H19F3N4O2S/c1-2-17-25-16-9-4-3-8-15(16)18(26-17)23-10-11-24-29(27,28)14-7-5-6-13(12-14)19(20,21)22/h3-9,12,24H,2,10-11H2,1H3,(H,23,25,26). The molecule has 0 aliphatic carbocycles. The molecule has 2 N–H and O–H groups in total. The topological polar surface area (TPSA) is 84.0 Å². The summed E-state index contributed by atoms with van der Waals surface area (Å²) in [5, 5.41) is 3.86. The number of rotatable bonds is 7. The zero-order chi connectivity index (χ0) is 21.1. The van der Waals surface area contributed by atoms with Crippen LogP contribution in [0.5, 0.6) is 0 Å². The molecule has 1 heterocycles. The molecule has 0 saturated carbocycles. The summed E-state index contributed by atoms with van der Waals surface area (Å²) in [6.07, 6.45) is -3.97. The zero-order valence-electron chi connectivity index (χ0n) is 15.5. The predicted molar refractivity (Wildman–Crippen MR) is 104 cm³/mol. The highest BCUT2D eigenvalue weighted by Gasteiger charge is 2.31. The average Bonchev–Trinajstić information content (AvgIpc) is 2.70. The van der Waals surface area contributed by atoms with Gasteiger partial charge in [-0.1, -0.05) is 25.1 Å². The Morgan fingerprint density at radius 1 is 1.00 bits per heavy atom. The van der Waals surface area contributed by atoms with Crippen molar-refractivity contribution in [3.63, 3.8) is 0 Å². The van der Waals surface area contributed by atoms with Crippen LogP contribution in [0.2, 0.25) is 0 Å². The summed E-state index contributed by atoms with van der Waals surface area (Å²) in [7, 11) is -4.08. The van der Waals surface area contributed by atoms with E-state index in [-0.39, 0.29) is 13.1 Å². The van der Waals surface area contributed by atoms with E-state index in [0.29, 0.717) is 24.1 Å². The maximum Gasteiger partial charge on any atom is 0.416 e. The smallest absolute Gasteiger partial charge is 0.368 e. The fourth-order valence-electron chi connectivity index (χ4n) is 2.71. The molecule has 6 nitrogen and oxygen atoms in total. The Labute approximate surface area is 166 Å². The maximum atomic E-state index is 12.8. The molecule has 10 heteroatoms. The van der Waals surface area contributed by atoms with E-state index in [0.717, 1.165) is 29.1 Å². The van der Waals surface area contributed by atoms with E-state index in [4.69, 9.17) is 0 Å². The third-order valence-electron chi connectivity index (χ3n) is 4.15. The second-order valence-corrected chi connectivity index (χ2v) is 7.98. The third-order valence-corrected chi connectivity index (χ3v) is 5.61. The van der Waals surface area contributed by atoms with Crippen molar-refractivity contribution in [2.24, 2.45) is 0 Å². The monoisotopic (exact) mass is 424 g/mol. The highest BCUT2D eigenvalue weighted by Crippen LogP contribution is 2.30. The van der Waals surface area contributed by atoms with E-state index in [2.05, 4.69) is 20.0 Å². The molecule has 154 valence electrons. The van der Waals surface area contributed by atoms with Crippen LogP contribution in [-0.2, 0) is 22.6 Å². The number of hydrogen-bond acceptors (Lipinski definition) is 5. The van der Waals surface area contributed by atoms with Gasteiger partial charge < -0.3 is 5.32 Å². The lowest BCUT2D eigenvalue weighted by molar-refractivity contribution is -0.137. The summed E-state index contributed by atoms with van der Waals surface area (Å²) in [6, 6.07) is 11.0. The Morgan fingerprint density at radius 2 is 1.76 bits per heavy atom. The number of aryl methyl sites for hydroxylation is 1. The largest absolute Gasteiger partial charge is 0.416 e. The van der Waals surface area contributed by atoms with E-state index in [9.17, 15) is 21.6 Å². The van der Waals surface area contributed by atoms with Crippen molar-refractivity contribution in [2.75, 3.05) is 18.4 Å². The molecule has 0 fully saturated rings. The summed E-state index contributed by atoms with van der Waals surface area (Å²) in [5.41, 5.74) is -0.246. The molecule has 0 aliphatic rings. The summed E-state index contributed by atoms with van der Waals surface area (Å²) in [5.74, 6) is 1.22. The first-order chi connectivity index (χ1) is 13.7. The number of benzene rings is 2. The van der Waals surface area contributed by atoms with Crippen molar-refractivity contribution < 1.29 is 21.6 Å². The van der Waals surface area contributed by atoms with Crippen LogP contribution in [0.1, 0.15) is 18.3 Å². The van der Waals surface area contributed by atoms with Crippen LogP contribution in [-0.4, -0.2) is 31.5 Å². The summed E-state index contributed by atoms with van der Waals surface area (Å²) in [4.78, 5) is 8.42. The number of hydrogen-bond donors (Lipinski definition) is 2. The molecular formula is C19H19F3N4O2S. The summed E-state index contributed by atoms with van der Waals surface area (Å²) < 4.78 is 65.3. The molecule has 0 atom stereocenters. The minimum absolute atomic E-state index is 0.0294. The lowest BCUT2D eigenvalue weighted by Crippen LogP contribution is -2.29. The Morgan fingerprint density at radius 3 is 2.48 bits per heavy atom. The van der Waals surface area contributed by atoms with Crippen LogP contribution in [0.4, 0.5) is 19.0 Å². The fourth-order valence-corrected chi connectivity index (χ4v) is 3.78. The first-order valence-electron chi connectivity index (χ1n) is 8.87. The van der Waals surface area contributed by atoms with Crippen LogP contribution in [0.3, 0.4) is 0 Å². The van der Waals surface area contributed by atoms with Crippen molar-refractivity contribution in [1.29, 1.82) is 0 Å². The fraction of sp³-hybridized carbons (Fsp3) is 0.263. The average molecular weight is 424 g/mol. The molecule has 3 rings (SSSR count). The van der Waals surface area contributed by atoms with E-state index < -0.39 is 26.7 Å². The van der Waals surface area contributed by atoms with Gasteiger partial charge in [0.1, 0.15) is 11.6 Å². The normalized spacial score (nSPS) is 12.3. The lowest BCUT2D eigenvalue weighted by Gasteiger charge is -2.12. The molecule has 0 amide bonds. The molecule has 2 aromatic carbocycles. The van der Waals surface area contributed by atoms with Crippen LogP contribution in [0.15, 0.2) is 53.4 Å². The van der Waals surface area contributed by atoms with E-state index in [1.54, 1.807) is 0 Å². The summed E-state index contributed by atoms with van der Waals surface area (Å²) in [6.45, 7) is 2.10. The molecule has 0 bridgehead atoms. The number of aromatic nitrogens is 2. The molecule has 0 radical (unpaired) electrons. The van der Waals surface area contributed by atoms with Crippen LogP contribution in [0.25, 0.3) is 10.9 Å². The van der Waals surface area contributed by atoms with Gasteiger partial charge in [-0.3, -0.25) is 0 Å². The number of anilines is 1. The van der Waals surface area contributed by atoms with Gasteiger partial charge in [-0.15, -0.1) is 0 Å². The minimum atomic E-state index is -4.61. The quantitative estimate of drug-likeness (QED) is 0.566. The van der Waals surface area contributed by atoms with Gasteiger partial charge >= 0.3 is 6.18 Å². The van der Waals surface area contributed by atoms with E-state index in [1.807, 2.05) is 31.2 Å². The van der Waals surface area contributed by atoms with E-state index in [1.165, 1.54) is 0 Å². The van der Waals surface area contributed by atoms with Crippen molar-refractivity contribution in [1.82, 2.24) is 14.7 Å². The third kappa shape index (κ3) is 5.01. The number of sulfonamides is 1. The van der Waals surface area contributed by atoms with Crippen molar-refractivity contribution in [3.05, 3.63) is 59.9 Å². The van der Waals surface area contributed by atoms with Crippen LogP contribution >= 0.6 is 0 Å². The van der Waals surface area contributed by atoms with Gasteiger partial charge in [0.05, 0.1) is 16.0 Å². The number of para-hydroxylation sites is 1. The number of alkyl halides is 3. The van der Waals surface area contributed by atoms with Crippen molar-refractivity contribution in [3.8, 4) is 0 Å². The maximum absolute atomic E-state index is 12.8. The van der Waals surface area contributed by atoms with Crippen molar-refractivity contribution in [2.45, 2.75) is 24.4 Å². The molecular weight excluding hydrogens is 405 g/mol. The van der Waals surface area contributed by atoms with E-state index >= 15 is 0 Å². The SMILES string of the molecule is CCc1nc(NCCNS(=O)(=O)c2cccc(C(F)(F)F)c2)c2ccccc2n1. The lowest BCUT2D eigenvalue weighted by atomic mass is 10.2. The summed E-state index contributed by atoms with van der Waals surface area (Å²) >= 11 is 0. The Hall–Kier alpha value is -2.72. The molecule has 0 saturated heterocycles. The number of nitrogens with one attached hydrogen (secondary N) is 2. The van der Waals surface area contributed by atoms with Gasteiger partial charge in [0.25, 0.3) is 0 Å². The van der Waals surface area contributed by atoms with Crippen LogP contribution in [0, 0.1) is 0 Å². The Balaban J connectivity index is 1.69. The first kappa shape index (κ1) is 21.0. The highest BCUT2D eigenvalue weighted by molar-refractivity contribution is 7.89. The first-order valence-corrected chi connectivity index (χ1v) is 10.4. The van der Waals surface area contributed by atoms with Gasteiger partial charge in [0, 0.05) is 24.9 Å². The van der Waals surface area contributed by atoms with Gasteiger partial charge in [0.2, 0.25) is 10.0 Å².